The molecule has 2 aromatic rings. The molecular weight excluding hydrogens is 381 g/mol. The summed E-state index contributed by atoms with van der Waals surface area (Å²) in [6.07, 6.45) is -4.97. The molecule has 0 aliphatic carbocycles. The lowest BCUT2D eigenvalue weighted by atomic mass is 9.87. The predicted molar refractivity (Wildman–Crippen MR) is 90.9 cm³/mol. The van der Waals surface area contributed by atoms with E-state index in [1.54, 1.807) is 0 Å². The molecule has 0 N–H and O–H groups in total. The Morgan fingerprint density at radius 1 is 1.04 bits per heavy atom. The van der Waals surface area contributed by atoms with Crippen LogP contribution in [0.3, 0.4) is 0 Å². The second kappa shape index (κ2) is 7.29. The van der Waals surface area contributed by atoms with Gasteiger partial charge in [-0.25, -0.2) is 0 Å². The molecule has 0 spiro atoms. The van der Waals surface area contributed by atoms with Crippen LogP contribution in [0.25, 0.3) is 0 Å². The normalized spacial score (nSPS) is 17.5. The van der Waals surface area contributed by atoms with Crippen LogP contribution in [0.1, 0.15) is 17.9 Å². The molecule has 7 nitrogen and oxygen atoms in total. The molecule has 146 valence electrons. The van der Waals surface area contributed by atoms with Crippen LogP contribution in [0.4, 0.5) is 24.5 Å². The van der Waals surface area contributed by atoms with Crippen LogP contribution in [0.5, 0.6) is 5.75 Å². The van der Waals surface area contributed by atoms with Crippen molar-refractivity contribution in [3.63, 3.8) is 0 Å². The van der Waals surface area contributed by atoms with Crippen LogP contribution in [0.2, 0.25) is 0 Å². The van der Waals surface area contributed by atoms with E-state index >= 15 is 0 Å². The third kappa shape index (κ3) is 4.27. The third-order valence-electron chi connectivity index (χ3n) is 4.27. The summed E-state index contributed by atoms with van der Waals surface area (Å²) in [6, 6.07) is 10.0. The quantitative estimate of drug-likeness (QED) is 0.584. The number of Topliss-reactive ketones (excluding diaryl/α,β-unsaturated/α-hetero) is 1. The molecule has 3 rings (SSSR count). The Labute approximate surface area is 156 Å². The second-order valence-corrected chi connectivity index (χ2v) is 6.09. The fourth-order valence-corrected chi connectivity index (χ4v) is 2.95. The number of halogens is 3. The smallest absolute Gasteiger partial charge is 0.406 e. The van der Waals surface area contributed by atoms with Gasteiger partial charge in [0.1, 0.15) is 5.75 Å². The molecule has 1 heterocycles. The zero-order valence-corrected chi connectivity index (χ0v) is 14.2. The number of ether oxygens (including phenoxy) is 1. The molecule has 1 aliphatic heterocycles. The van der Waals surface area contributed by atoms with Crippen molar-refractivity contribution in [2.45, 2.75) is 18.7 Å². The summed E-state index contributed by atoms with van der Waals surface area (Å²) in [5, 5.41) is 10.7. The summed E-state index contributed by atoms with van der Waals surface area (Å²) in [4.78, 5) is 36.3. The molecule has 28 heavy (non-hydrogen) atoms. The summed E-state index contributed by atoms with van der Waals surface area (Å²) >= 11 is 0. The van der Waals surface area contributed by atoms with Crippen molar-refractivity contribution in [3.05, 3.63) is 64.2 Å². The Morgan fingerprint density at radius 3 is 2.18 bits per heavy atom. The first-order chi connectivity index (χ1) is 13.1. The number of non-ortho nitro benzene ring substituents is 1. The van der Waals surface area contributed by atoms with Gasteiger partial charge in [0.25, 0.3) is 5.69 Å². The molecule has 1 amide bonds. The Hall–Kier alpha value is -3.43. The van der Waals surface area contributed by atoms with Crippen molar-refractivity contribution in [1.82, 2.24) is 0 Å². The highest BCUT2D eigenvalue weighted by Gasteiger charge is 2.35. The highest BCUT2D eigenvalue weighted by Crippen LogP contribution is 2.31. The van der Waals surface area contributed by atoms with Gasteiger partial charge < -0.3 is 9.64 Å². The number of amides is 1. The lowest BCUT2D eigenvalue weighted by molar-refractivity contribution is -0.384. The summed E-state index contributed by atoms with van der Waals surface area (Å²) in [5.74, 6) is -1.85. The largest absolute Gasteiger partial charge is 0.573 e. The zero-order chi connectivity index (χ0) is 20.5. The Balaban J connectivity index is 1.73. The predicted octanol–water partition coefficient (Wildman–Crippen LogP) is 3.58. The first kappa shape index (κ1) is 19.3. The number of nitro benzene ring substituents is 1. The minimum absolute atomic E-state index is 0.140. The molecule has 0 radical (unpaired) electrons. The molecule has 1 fully saturated rings. The number of nitro groups is 1. The number of hydrogen-bond acceptors (Lipinski definition) is 5. The van der Waals surface area contributed by atoms with E-state index in [4.69, 9.17) is 0 Å². The Morgan fingerprint density at radius 2 is 1.64 bits per heavy atom. The second-order valence-electron chi connectivity index (χ2n) is 6.09. The number of piperidine rings is 1. The Kier molecular flexibility index (Phi) is 5.04. The van der Waals surface area contributed by atoms with Crippen molar-refractivity contribution < 1.29 is 32.4 Å². The minimum Gasteiger partial charge on any atom is -0.406 e. The van der Waals surface area contributed by atoms with Gasteiger partial charge in [0.05, 0.1) is 17.4 Å². The average Bonchev–Trinajstić information content (AvgIpc) is 2.63. The number of nitrogens with zero attached hydrogens (tertiary/aromatic N) is 2. The summed E-state index contributed by atoms with van der Waals surface area (Å²) in [5.41, 5.74) is 0.631. The fraction of sp³-hybridized carbons (Fsp3) is 0.222. The number of anilines is 1. The average molecular weight is 394 g/mol. The van der Waals surface area contributed by atoms with Gasteiger partial charge in [-0.1, -0.05) is 12.1 Å². The van der Waals surface area contributed by atoms with Crippen molar-refractivity contribution >= 4 is 23.1 Å². The summed E-state index contributed by atoms with van der Waals surface area (Å²) in [6.45, 7) is -0.234. The van der Waals surface area contributed by atoms with Gasteiger partial charge in [-0.15, -0.1) is 13.2 Å². The van der Waals surface area contributed by atoms with Gasteiger partial charge in [-0.2, -0.15) is 0 Å². The zero-order valence-electron chi connectivity index (χ0n) is 14.2. The van der Waals surface area contributed by atoms with Gasteiger partial charge in [0, 0.05) is 24.2 Å². The van der Waals surface area contributed by atoms with Crippen LogP contribution in [0.15, 0.2) is 48.5 Å². The minimum atomic E-state index is -4.82. The van der Waals surface area contributed by atoms with Crippen molar-refractivity contribution in [2.24, 2.45) is 0 Å². The first-order valence-corrected chi connectivity index (χ1v) is 8.07. The fourth-order valence-electron chi connectivity index (χ4n) is 2.95. The van der Waals surface area contributed by atoms with Crippen LogP contribution >= 0.6 is 0 Å². The molecule has 1 unspecified atom stereocenters. The number of benzene rings is 2. The molecule has 0 aromatic heterocycles. The monoisotopic (exact) mass is 394 g/mol. The Bertz CT molecular complexity index is 910. The number of alkyl halides is 3. The van der Waals surface area contributed by atoms with Crippen LogP contribution in [-0.4, -0.2) is 29.5 Å². The lowest BCUT2D eigenvalue weighted by Crippen LogP contribution is -2.44. The van der Waals surface area contributed by atoms with E-state index in [1.807, 2.05) is 0 Å². The van der Waals surface area contributed by atoms with E-state index in [0.717, 1.165) is 12.1 Å². The van der Waals surface area contributed by atoms with Gasteiger partial charge in [-0.3, -0.25) is 19.7 Å². The van der Waals surface area contributed by atoms with Gasteiger partial charge in [0.2, 0.25) is 5.91 Å². The van der Waals surface area contributed by atoms with E-state index in [9.17, 15) is 32.9 Å². The maximum absolute atomic E-state index is 12.5. The van der Waals surface area contributed by atoms with Crippen molar-refractivity contribution in [1.29, 1.82) is 0 Å². The number of carbonyl (C=O) groups excluding carboxylic acids is 2. The van der Waals surface area contributed by atoms with E-state index < -0.39 is 23.0 Å². The van der Waals surface area contributed by atoms with Gasteiger partial charge in [-0.05, 0) is 29.8 Å². The standard InChI is InChI=1S/C18H13F3N2O5/c19-18(20,21)28-14-7-1-11(2-8-14)15-9-17(25)22(10-16(15)24)12-3-5-13(6-4-12)23(26)27/h1-8,15H,9-10H2. The van der Waals surface area contributed by atoms with Gasteiger partial charge >= 0.3 is 6.36 Å². The molecule has 2 aromatic carbocycles. The van der Waals surface area contributed by atoms with E-state index in [2.05, 4.69) is 4.74 Å². The van der Waals surface area contributed by atoms with Crippen LogP contribution in [0, 0.1) is 10.1 Å². The molecule has 1 atom stereocenters. The highest BCUT2D eigenvalue weighted by atomic mass is 19.4. The van der Waals surface area contributed by atoms with E-state index in [0.29, 0.717) is 11.3 Å². The molecule has 10 heteroatoms. The topological polar surface area (TPSA) is 89.8 Å². The van der Waals surface area contributed by atoms with Crippen LogP contribution in [-0.2, 0) is 9.59 Å². The molecule has 0 bridgehead atoms. The molecule has 1 saturated heterocycles. The lowest BCUT2D eigenvalue weighted by Gasteiger charge is -2.31. The maximum atomic E-state index is 12.5. The summed E-state index contributed by atoms with van der Waals surface area (Å²) < 4.78 is 40.4. The summed E-state index contributed by atoms with van der Waals surface area (Å²) in [7, 11) is 0. The number of rotatable bonds is 4. The van der Waals surface area contributed by atoms with E-state index in [1.165, 1.54) is 41.3 Å². The van der Waals surface area contributed by atoms with Crippen molar-refractivity contribution in [2.75, 3.05) is 11.4 Å². The first-order valence-electron chi connectivity index (χ1n) is 8.07. The maximum Gasteiger partial charge on any atom is 0.573 e. The number of hydrogen-bond donors (Lipinski definition) is 0. The van der Waals surface area contributed by atoms with Crippen molar-refractivity contribution in [3.8, 4) is 5.75 Å². The third-order valence-corrected chi connectivity index (χ3v) is 4.27. The number of carbonyl (C=O) groups is 2. The number of ketones is 1. The molecule has 1 aliphatic rings. The molecule has 0 saturated carbocycles. The molecular formula is C18H13F3N2O5. The van der Waals surface area contributed by atoms with Crippen LogP contribution < -0.4 is 9.64 Å². The SMILES string of the molecule is O=C1CN(c2ccc([N+](=O)[O-])cc2)C(=O)CC1c1ccc(OC(F)(F)F)cc1. The highest BCUT2D eigenvalue weighted by molar-refractivity contribution is 6.07. The van der Waals surface area contributed by atoms with E-state index in [-0.39, 0.29) is 30.3 Å². The van der Waals surface area contributed by atoms with Gasteiger partial charge in [0.15, 0.2) is 5.78 Å².